The number of carbonyl (C=O) groups excluding carboxylic acids is 1. The number of aryl methyl sites for hydroxylation is 1. The number of aromatic amines is 1. The van der Waals surface area contributed by atoms with Crippen molar-refractivity contribution in [1.82, 2.24) is 15.2 Å². The highest BCUT2D eigenvalue weighted by Crippen LogP contribution is 2.21. The van der Waals surface area contributed by atoms with Crippen LogP contribution in [-0.4, -0.2) is 32.2 Å². The van der Waals surface area contributed by atoms with Crippen LogP contribution < -0.4 is 11.1 Å². The monoisotopic (exact) mass is 267 g/mol. The first-order chi connectivity index (χ1) is 8.49. The minimum Gasteiger partial charge on any atom is -0.477 e. The van der Waals surface area contributed by atoms with Gasteiger partial charge in [0.25, 0.3) is 5.91 Å². The summed E-state index contributed by atoms with van der Waals surface area (Å²) < 4.78 is 0. The molecule has 2 aromatic heterocycles. The van der Waals surface area contributed by atoms with Crippen molar-refractivity contribution in [2.24, 2.45) is 0 Å². The molecule has 0 bridgehead atoms. The van der Waals surface area contributed by atoms with Crippen molar-refractivity contribution in [2.75, 3.05) is 11.1 Å². The van der Waals surface area contributed by atoms with Crippen LogP contribution in [-0.2, 0) is 0 Å². The van der Waals surface area contributed by atoms with E-state index < -0.39 is 11.9 Å². The number of nitrogens with two attached hydrogens (primary N) is 1. The fourth-order valence-electron chi connectivity index (χ4n) is 1.34. The van der Waals surface area contributed by atoms with Crippen LogP contribution >= 0.6 is 11.3 Å². The van der Waals surface area contributed by atoms with Gasteiger partial charge in [-0.15, -0.1) is 0 Å². The maximum atomic E-state index is 11.9. The van der Waals surface area contributed by atoms with Crippen LogP contribution in [0.5, 0.6) is 0 Å². The Morgan fingerprint density at radius 1 is 1.56 bits per heavy atom. The Labute approximate surface area is 105 Å². The first-order valence-corrected chi connectivity index (χ1v) is 5.61. The van der Waals surface area contributed by atoms with Crippen LogP contribution in [0.15, 0.2) is 6.20 Å². The molecule has 9 heteroatoms. The zero-order valence-electron chi connectivity index (χ0n) is 9.22. The van der Waals surface area contributed by atoms with Crippen molar-refractivity contribution < 1.29 is 14.7 Å². The molecule has 0 atom stereocenters. The Balaban J connectivity index is 2.24. The van der Waals surface area contributed by atoms with Gasteiger partial charge in [-0.1, -0.05) is 11.3 Å². The van der Waals surface area contributed by atoms with E-state index >= 15 is 0 Å². The topological polar surface area (TPSA) is 134 Å². The molecule has 5 N–H and O–H groups in total. The standard InChI is InChI=1S/C9H9N5O3S/c1-3-5(18-9(10)12-3)7(15)13-6-4(8(16)17)2-11-14-6/h2H,1H3,(H2,10,12)(H,16,17)(H2,11,13,14,15). The molecule has 2 rings (SSSR count). The Morgan fingerprint density at radius 2 is 2.28 bits per heavy atom. The number of aromatic nitrogens is 3. The SMILES string of the molecule is Cc1nc(N)sc1C(=O)Nc1[nH]ncc1C(=O)O. The van der Waals surface area contributed by atoms with Gasteiger partial charge in [-0.25, -0.2) is 9.78 Å². The molecule has 0 spiro atoms. The van der Waals surface area contributed by atoms with Crippen LogP contribution in [0.4, 0.5) is 10.9 Å². The zero-order valence-corrected chi connectivity index (χ0v) is 10.0. The number of nitrogen functional groups attached to an aromatic ring is 1. The van der Waals surface area contributed by atoms with E-state index in [1.807, 2.05) is 0 Å². The van der Waals surface area contributed by atoms with Crippen molar-refractivity contribution in [2.45, 2.75) is 6.92 Å². The Kier molecular flexibility index (Phi) is 2.98. The molecule has 8 nitrogen and oxygen atoms in total. The van der Waals surface area contributed by atoms with E-state index in [0.29, 0.717) is 10.6 Å². The Hall–Kier alpha value is -2.42. The number of hydrogen-bond acceptors (Lipinski definition) is 6. The number of aromatic carboxylic acids is 1. The largest absolute Gasteiger partial charge is 0.477 e. The number of H-pyrrole nitrogens is 1. The molecule has 18 heavy (non-hydrogen) atoms. The molecular weight excluding hydrogens is 258 g/mol. The number of carboxylic acids is 1. The first-order valence-electron chi connectivity index (χ1n) is 4.80. The van der Waals surface area contributed by atoms with Gasteiger partial charge in [-0.3, -0.25) is 9.89 Å². The summed E-state index contributed by atoms with van der Waals surface area (Å²) in [4.78, 5) is 27.0. The summed E-state index contributed by atoms with van der Waals surface area (Å²) in [6, 6.07) is 0. The summed E-state index contributed by atoms with van der Waals surface area (Å²) in [6.07, 6.45) is 1.12. The number of nitrogens with one attached hydrogen (secondary N) is 2. The molecule has 0 aromatic carbocycles. The molecule has 94 valence electrons. The van der Waals surface area contributed by atoms with E-state index in [4.69, 9.17) is 10.8 Å². The van der Waals surface area contributed by atoms with Crippen molar-refractivity contribution in [3.8, 4) is 0 Å². The number of amides is 1. The Morgan fingerprint density at radius 3 is 2.83 bits per heavy atom. The summed E-state index contributed by atoms with van der Waals surface area (Å²) >= 11 is 1.03. The summed E-state index contributed by atoms with van der Waals surface area (Å²) in [5.41, 5.74) is 5.86. The molecule has 2 heterocycles. The highest BCUT2D eigenvalue weighted by Gasteiger charge is 2.18. The van der Waals surface area contributed by atoms with Gasteiger partial charge in [0.1, 0.15) is 16.3 Å². The summed E-state index contributed by atoms with van der Waals surface area (Å²) in [7, 11) is 0. The number of nitrogens with zero attached hydrogens (tertiary/aromatic N) is 2. The van der Waals surface area contributed by atoms with Crippen molar-refractivity contribution >= 4 is 34.2 Å². The third-order valence-electron chi connectivity index (χ3n) is 2.13. The zero-order chi connectivity index (χ0) is 13.3. The van der Waals surface area contributed by atoms with Gasteiger partial charge < -0.3 is 16.2 Å². The van der Waals surface area contributed by atoms with Crippen LogP contribution in [0.2, 0.25) is 0 Å². The fourth-order valence-corrected chi connectivity index (χ4v) is 2.07. The number of carbonyl (C=O) groups is 2. The van der Waals surface area contributed by atoms with Crippen molar-refractivity contribution in [3.63, 3.8) is 0 Å². The lowest BCUT2D eigenvalue weighted by atomic mass is 10.3. The molecule has 0 aliphatic heterocycles. The second kappa shape index (κ2) is 4.45. The highest BCUT2D eigenvalue weighted by atomic mass is 32.1. The number of anilines is 2. The normalized spacial score (nSPS) is 10.3. The molecule has 0 aliphatic rings. The maximum absolute atomic E-state index is 11.9. The van der Waals surface area contributed by atoms with Crippen LogP contribution in [0.3, 0.4) is 0 Å². The molecule has 0 aliphatic carbocycles. The lowest BCUT2D eigenvalue weighted by Gasteiger charge is -2.01. The van der Waals surface area contributed by atoms with Gasteiger partial charge in [0.2, 0.25) is 0 Å². The van der Waals surface area contributed by atoms with E-state index in [-0.39, 0.29) is 16.5 Å². The van der Waals surface area contributed by atoms with E-state index in [1.54, 1.807) is 6.92 Å². The lowest BCUT2D eigenvalue weighted by molar-refractivity contribution is 0.0698. The van der Waals surface area contributed by atoms with Crippen molar-refractivity contribution in [3.05, 3.63) is 22.3 Å². The van der Waals surface area contributed by atoms with Gasteiger partial charge in [0.15, 0.2) is 5.13 Å². The molecule has 0 radical (unpaired) electrons. The van der Waals surface area contributed by atoms with Gasteiger partial charge in [0.05, 0.1) is 11.9 Å². The molecule has 0 saturated heterocycles. The number of hydrogen-bond donors (Lipinski definition) is 4. The minimum absolute atomic E-state index is 0.0267. The molecule has 0 fully saturated rings. The predicted molar refractivity (Wildman–Crippen MR) is 64.8 cm³/mol. The fraction of sp³-hybridized carbons (Fsp3) is 0.111. The predicted octanol–water partition coefficient (Wildman–Crippen LogP) is 0.707. The van der Waals surface area contributed by atoms with E-state index in [9.17, 15) is 9.59 Å². The number of carboxylic acid groups (broad SMARTS) is 1. The van der Waals surface area contributed by atoms with Crippen molar-refractivity contribution in [1.29, 1.82) is 0 Å². The maximum Gasteiger partial charge on any atom is 0.341 e. The lowest BCUT2D eigenvalue weighted by Crippen LogP contribution is -2.14. The van der Waals surface area contributed by atoms with Crippen LogP contribution in [0.25, 0.3) is 0 Å². The van der Waals surface area contributed by atoms with Gasteiger partial charge in [-0.2, -0.15) is 5.10 Å². The summed E-state index contributed by atoms with van der Waals surface area (Å²) in [5.74, 6) is -1.63. The average molecular weight is 267 g/mol. The van der Waals surface area contributed by atoms with Gasteiger partial charge in [0, 0.05) is 0 Å². The number of rotatable bonds is 3. The van der Waals surface area contributed by atoms with Crippen LogP contribution in [0, 0.1) is 6.92 Å². The summed E-state index contributed by atoms with van der Waals surface area (Å²) in [6.45, 7) is 1.65. The second-order valence-corrected chi connectivity index (χ2v) is 4.42. The van der Waals surface area contributed by atoms with Crippen LogP contribution in [0.1, 0.15) is 25.7 Å². The molecule has 2 aromatic rings. The quantitative estimate of drug-likeness (QED) is 0.647. The third kappa shape index (κ3) is 2.15. The highest BCUT2D eigenvalue weighted by molar-refractivity contribution is 7.17. The number of thiazole rings is 1. The van der Waals surface area contributed by atoms with Gasteiger partial charge >= 0.3 is 5.97 Å². The molecule has 0 saturated carbocycles. The third-order valence-corrected chi connectivity index (χ3v) is 3.11. The van der Waals surface area contributed by atoms with Gasteiger partial charge in [-0.05, 0) is 6.92 Å². The molecule has 1 amide bonds. The smallest absolute Gasteiger partial charge is 0.341 e. The average Bonchev–Trinajstić information content (AvgIpc) is 2.85. The first kappa shape index (κ1) is 12.0. The molecule has 0 unspecified atom stereocenters. The minimum atomic E-state index is -1.18. The molecular formula is C9H9N5O3S. The second-order valence-electron chi connectivity index (χ2n) is 3.38. The van der Waals surface area contributed by atoms with E-state index in [0.717, 1.165) is 17.5 Å². The van der Waals surface area contributed by atoms with E-state index in [1.165, 1.54) is 0 Å². The van der Waals surface area contributed by atoms with E-state index in [2.05, 4.69) is 20.5 Å². The summed E-state index contributed by atoms with van der Waals surface area (Å²) in [5, 5.41) is 17.5. The Bertz CT molecular complexity index is 618.